The molecule has 0 spiro atoms. The van der Waals surface area contributed by atoms with Crippen molar-refractivity contribution in [1.29, 1.82) is 0 Å². The van der Waals surface area contributed by atoms with E-state index in [0.717, 1.165) is 5.56 Å². The van der Waals surface area contributed by atoms with Crippen LogP contribution in [0.4, 0.5) is 0 Å². The van der Waals surface area contributed by atoms with Crippen molar-refractivity contribution in [2.45, 2.75) is 6.42 Å². The van der Waals surface area contributed by atoms with E-state index in [2.05, 4.69) is 0 Å². The van der Waals surface area contributed by atoms with E-state index in [1.165, 1.54) is 0 Å². The van der Waals surface area contributed by atoms with Gasteiger partial charge in [0.15, 0.2) is 11.4 Å². The molecule has 2 heterocycles. The lowest BCUT2D eigenvalue weighted by Crippen LogP contribution is -2.09. The highest BCUT2D eigenvalue weighted by Crippen LogP contribution is 2.32. The largest absolute Gasteiger partial charge is 0.459 e. The zero-order valence-corrected chi connectivity index (χ0v) is 15.4. The standard InChI is InChI=1S/C25H16O4/c26-23(17-11-5-2-6-12-17)21-20(15-16-9-3-1-4-10-16)28-24-18-13-7-8-14-19(18)29-25(27)22(21)24/h1-14H,15H2. The number of hydrogen-bond acceptors (Lipinski definition) is 4. The van der Waals surface area contributed by atoms with Crippen LogP contribution in [0.25, 0.3) is 21.9 Å². The maximum absolute atomic E-state index is 13.4. The van der Waals surface area contributed by atoms with Crippen LogP contribution in [0, 0.1) is 0 Å². The van der Waals surface area contributed by atoms with Crippen LogP contribution in [0.2, 0.25) is 0 Å². The third-order valence-corrected chi connectivity index (χ3v) is 4.99. The summed E-state index contributed by atoms with van der Waals surface area (Å²) < 4.78 is 11.7. The third kappa shape index (κ3) is 2.95. The smallest absolute Gasteiger partial charge is 0.348 e. The number of carbonyl (C=O) groups is 1. The number of para-hydroxylation sites is 1. The Labute approximate surface area is 166 Å². The lowest BCUT2D eigenvalue weighted by atomic mass is 9.98. The summed E-state index contributed by atoms with van der Waals surface area (Å²) in [7, 11) is 0. The van der Waals surface area contributed by atoms with Crippen LogP contribution in [0.3, 0.4) is 0 Å². The van der Waals surface area contributed by atoms with Crippen LogP contribution in [0.1, 0.15) is 27.2 Å². The molecule has 2 aromatic heterocycles. The highest BCUT2D eigenvalue weighted by atomic mass is 16.4. The molecule has 0 fully saturated rings. The van der Waals surface area contributed by atoms with Crippen LogP contribution in [-0.4, -0.2) is 5.78 Å². The zero-order chi connectivity index (χ0) is 19.8. The summed E-state index contributed by atoms with van der Waals surface area (Å²) in [5.41, 5.74) is 2.01. The Kier molecular flexibility index (Phi) is 4.10. The molecule has 5 rings (SSSR count). The Bertz CT molecular complexity index is 1390. The minimum Gasteiger partial charge on any atom is -0.459 e. The van der Waals surface area contributed by atoms with Crippen LogP contribution in [0.15, 0.2) is 98.6 Å². The fraction of sp³-hybridized carbons (Fsp3) is 0.0400. The lowest BCUT2D eigenvalue weighted by molar-refractivity contribution is 0.103. The highest BCUT2D eigenvalue weighted by Gasteiger charge is 2.26. The van der Waals surface area contributed by atoms with Crippen LogP contribution in [0.5, 0.6) is 0 Å². The molecule has 0 saturated heterocycles. The van der Waals surface area contributed by atoms with Crippen LogP contribution >= 0.6 is 0 Å². The van der Waals surface area contributed by atoms with Crippen molar-refractivity contribution in [1.82, 2.24) is 0 Å². The quantitative estimate of drug-likeness (QED) is 0.311. The summed E-state index contributed by atoms with van der Waals surface area (Å²) in [6.45, 7) is 0. The first-order valence-corrected chi connectivity index (χ1v) is 9.33. The van der Waals surface area contributed by atoms with Gasteiger partial charge in [-0.15, -0.1) is 0 Å². The number of benzene rings is 3. The molecule has 0 bridgehead atoms. The Balaban J connectivity index is 1.82. The maximum atomic E-state index is 13.4. The molecule has 0 aliphatic carbocycles. The molecule has 140 valence electrons. The Hall–Kier alpha value is -3.92. The number of ketones is 1. The van der Waals surface area contributed by atoms with Gasteiger partial charge in [0.2, 0.25) is 0 Å². The average Bonchev–Trinajstić information content (AvgIpc) is 3.14. The number of fused-ring (bicyclic) bond motifs is 3. The molecule has 4 nitrogen and oxygen atoms in total. The molecule has 0 saturated carbocycles. The fourth-order valence-electron chi connectivity index (χ4n) is 3.64. The van der Waals surface area contributed by atoms with Crippen molar-refractivity contribution >= 4 is 27.7 Å². The van der Waals surface area contributed by atoms with Gasteiger partial charge in [-0.1, -0.05) is 72.8 Å². The number of rotatable bonds is 4. The van der Waals surface area contributed by atoms with E-state index in [0.29, 0.717) is 34.3 Å². The van der Waals surface area contributed by atoms with Gasteiger partial charge < -0.3 is 8.83 Å². The van der Waals surface area contributed by atoms with Crippen molar-refractivity contribution < 1.29 is 13.6 Å². The Morgan fingerprint density at radius 2 is 1.41 bits per heavy atom. The van der Waals surface area contributed by atoms with E-state index in [1.54, 1.807) is 36.4 Å². The number of hydrogen-bond donors (Lipinski definition) is 0. The van der Waals surface area contributed by atoms with E-state index >= 15 is 0 Å². The van der Waals surface area contributed by atoms with Crippen LogP contribution in [-0.2, 0) is 6.42 Å². The molecule has 0 amide bonds. The molecular formula is C25H16O4. The van der Waals surface area contributed by atoms with Gasteiger partial charge in [-0.3, -0.25) is 4.79 Å². The van der Waals surface area contributed by atoms with E-state index in [-0.39, 0.29) is 16.7 Å². The van der Waals surface area contributed by atoms with Crippen molar-refractivity contribution in [3.05, 3.63) is 118 Å². The summed E-state index contributed by atoms with van der Waals surface area (Å²) in [6, 6.07) is 25.8. The molecule has 5 aromatic rings. The first-order chi connectivity index (χ1) is 14.2. The second-order valence-electron chi connectivity index (χ2n) is 6.85. The van der Waals surface area contributed by atoms with Gasteiger partial charge in [0, 0.05) is 12.0 Å². The van der Waals surface area contributed by atoms with Crippen LogP contribution < -0.4 is 5.63 Å². The zero-order valence-electron chi connectivity index (χ0n) is 15.4. The monoisotopic (exact) mass is 380 g/mol. The van der Waals surface area contributed by atoms with Gasteiger partial charge in [0.25, 0.3) is 0 Å². The van der Waals surface area contributed by atoms with Gasteiger partial charge in [-0.2, -0.15) is 0 Å². The summed E-state index contributed by atoms with van der Waals surface area (Å²) in [5.74, 6) is 0.210. The minimum atomic E-state index is -0.568. The van der Waals surface area contributed by atoms with Gasteiger partial charge in [0.05, 0.1) is 10.9 Å². The van der Waals surface area contributed by atoms with Crippen molar-refractivity contribution in [3.8, 4) is 0 Å². The first-order valence-electron chi connectivity index (χ1n) is 9.33. The molecule has 0 radical (unpaired) electrons. The van der Waals surface area contributed by atoms with E-state index in [4.69, 9.17) is 8.83 Å². The number of furan rings is 1. The second kappa shape index (κ2) is 6.91. The summed E-state index contributed by atoms with van der Waals surface area (Å²) in [5, 5.41) is 0.868. The SMILES string of the molecule is O=C(c1ccccc1)c1c(Cc2ccccc2)oc2c1c(=O)oc1ccccc12. The molecule has 0 unspecified atom stereocenters. The van der Waals surface area contributed by atoms with Crippen molar-refractivity contribution in [3.63, 3.8) is 0 Å². The summed E-state index contributed by atoms with van der Waals surface area (Å²) >= 11 is 0. The van der Waals surface area contributed by atoms with E-state index in [9.17, 15) is 9.59 Å². The molecule has 0 N–H and O–H groups in total. The molecular weight excluding hydrogens is 364 g/mol. The second-order valence-corrected chi connectivity index (χ2v) is 6.85. The van der Waals surface area contributed by atoms with Gasteiger partial charge >= 0.3 is 5.63 Å². The molecule has 0 atom stereocenters. The minimum absolute atomic E-state index is 0.198. The number of carbonyl (C=O) groups excluding carboxylic acids is 1. The first kappa shape index (κ1) is 17.2. The molecule has 0 aliphatic heterocycles. The molecule has 0 aliphatic rings. The lowest BCUT2D eigenvalue weighted by Gasteiger charge is -2.03. The van der Waals surface area contributed by atoms with Crippen molar-refractivity contribution in [2.24, 2.45) is 0 Å². The van der Waals surface area contributed by atoms with Gasteiger partial charge in [-0.05, 0) is 17.7 Å². The highest BCUT2D eigenvalue weighted by molar-refractivity contribution is 6.19. The van der Waals surface area contributed by atoms with E-state index < -0.39 is 5.63 Å². The normalized spacial score (nSPS) is 11.2. The van der Waals surface area contributed by atoms with Gasteiger partial charge in [-0.25, -0.2) is 4.79 Å². The summed E-state index contributed by atoms with van der Waals surface area (Å²) in [4.78, 5) is 26.2. The van der Waals surface area contributed by atoms with E-state index in [1.807, 2.05) is 48.5 Å². The maximum Gasteiger partial charge on any atom is 0.348 e. The summed E-state index contributed by atoms with van der Waals surface area (Å²) in [6.07, 6.45) is 0.400. The molecule has 4 heteroatoms. The van der Waals surface area contributed by atoms with Gasteiger partial charge in [0.1, 0.15) is 16.7 Å². The fourth-order valence-corrected chi connectivity index (χ4v) is 3.64. The average molecular weight is 380 g/mol. The molecule has 29 heavy (non-hydrogen) atoms. The Morgan fingerprint density at radius 1 is 0.759 bits per heavy atom. The topological polar surface area (TPSA) is 60.4 Å². The third-order valence-electron chi connectivity index (χ3n) is 4.99. The van der Waals surface area contributed by atoms with Crippen molar-refractivity contribution in [2.75, 3.05) is 0 Å². The predicted octanol–water partition coefficient (Wildman–Crippen LogP) is 5.36. The Morgan fingerprint density at radius 3 is 2.17 bits per heavy atom. The predicted molar refractivity (Wildman–Crippen MR) is 111 cm³/mol. The molecule has 3 aromatic carbocycles.